The van der Waals surface area contributed by atoms with E-state index in [9.17, 15) is 12.8 Å². The molecule has 0 heterocycles. The molecule has 1 aromatic rings. The van der Waals surface area contributed by atoms with Gasteiger partial charge in [-0.2, -0.15) is 0 Å². The Hall–Kier alpha value is -0.940. The van der Waals surface area contributed by atoms with Crippen molar-refractivity contribution in [2.45, 2.75) is 18.9 Å². The van der Waals surface area contributed by atoms with Crippen LogP contribution in [0.2, 0.25) is 0 Å². The number of benzene rings is 1. The standard InChI is InChI=1S/C12H16FNO2S/c1-17(15,16)7-6-14-12-5-2-9-8-10(13)3-4-11(9)12/h3-4,8,12,14H,2,5-7H2,1H3. The lowest BCUT2D eigenvalue weighted by atomic mass is 10.1. The van der Waals surface area contributed by atoms with Crippen LogP contribution in [0.15, 0.2) is 18.2 Å². The maximum absolute atomic E-state index is 13.0. The Bertz CT molecular complexity index is 513. The fourth-order valence-electron chi connectivity index (χ4n) is 2.22. The van der Waals surface area contributed by atoms with E-state index in [0.29, 0.717) is 6.54 Å². The maximum Gasteiger partial charge on any atom is 0.148 e. The predicted octanol–water partition coefficient (Wildman–Crippen LogP) is 1.45. The molecule has 1 aliphatic rings. The maximum atomic E-state index is 13.0. The lowest BCUT2D eigenvalue weighted by molar-refractivity contribution is 0.542. The predicted molar refractivity (Wildman–Crippen MR) is 65.2 cm³/mol. The molecule has 17 heavy (non-hydrogen) atoms. The minimum absolute atomic E-state index is 0.139. The van der Waals surface area contributed by atoms with Gasteiger partial charge in [-0.3, -0.25) is 0 Å². The van der Waals surface area contributed by atoms with Crippen LogP contribution in [0.25, 0.3) is 0 Å². The number of fused-ring (bicyclic) bond motifs is 1. The molecule has 0 bridgehead atoms. The topological polar surface area (TPSA) is 46.2 Å². The van der Waals surface area contributed by atoms with E-state index in [1.165, 1.54) is 12.3 Å². The second-order valence-electron chi connectivity index (χ2n) is 4.52. The fraction of sp³-hybridized carbons (Fsp3) is 0.500. The van der Waals surface area contributed by atoms with Gasteiger partial charge in [0.25, 0.3) is 0 Å². The van der Waals surface area contributed by atoms with Crippen molar-refractivity contribution >= 4 is 9.84 Å². The van der Waals surface area contributed by atoms with E-state index in [0.717, 1.165) is 24.0 Å². The minimum atomic E-state index is -2.92. The molecule has 0 fully saturated rings. The first-order chi connectivity index (χ1) is 7.96. The van der Waals surface area contributed by atoms with Crippen LogP contribution in [0.1, 0.15) is 23.6 Å². The number of hydrogen-bond acceptors (Lipinski definition) is 3. The van der Waals surface area contributed by atoms with Crippen LogP contribution in [-0.2, 0) is 16.3 Å². The van der Waals surface area contributed by atoms with Crippen molar-refractivity contribution in [3.63, 3.8) is 0 Å². The van der Waals surface area contributed by atoms with E-state index in [2.05, 4.69) is 5.32 Å². The van der Waals surface area contributed by atoms with Crippen LogP contribution in [0.5, 0.6) is 0 Å². The lowest BCUT2D eigenvalue weighted by Crippen LogP contribution is -2.25. The average molecular weight is 257 g/mol. The third-order valence-corrected chi connectivity index (χ3v) is 3.99. The molecule has 0 saturated carbocycles. The summed E-state index contributed by atoms with van der Waals surface area (Å²) in [7, 11) is -2.92. The smallest absolute Gasteiger partial charge is 0.148 e. The zero-order chi connectivity index (χ0) is 12.5. The Kier molecular flexibility index (Phi) is 3.49. The molecular weight excluding hydrogens is 241 g/mol. The molecule has 1 N–H and O–H groups in total. The van der Waals surface area contributed by atoms with Crippen molar-refractivity contribution in [2.24, 2.45) is 0 Å². The van der Waals surface area contributed by atoms with Crippen LogP contribution in [0.4, 0.5) is 4.39 Å². The van der Waals surface area contributed by atoms with Crippen LogP contribution < -0.4 is 5.32 Å². The highest BCUT2D eigenvalue weighted by atomic mass is 32.2. The van der Waals surface area contributed by atoms with E-state index >= 15 is 0 Å². The summed E-state index contributed by atoms with van der Waals surface area (Å²) >= 11 is 0. The molecule has 94 valence electrons. The van der Waals surface area contributed by atoms with Crippen LogP contribution in [0.3, 0.4) is 0 Å². The number of nitrogens with one attached hydrogen (secondary N) is 1. The number of sulfone groups is 1. The number of hydrogen-bond donors (Lipinski definition) is 1. The second-order valence-corrected chi connectivity index (χ2v) is 6.78. The van der Waals surface area contributed by atoms with E-state index in [1.54, 1.807) is 12.1 Å². The largest absolute Gasteiger partial charge is 0.309 e. The molecule has 0 aromatic heterocycles. The molecule has 2 rings (SSSR count). The van der Waals surface area contributed by atoms with Gasteiger partial charge >= 0.3 is 0 Å². The van der Waals surface area contributed by atoms with Gasteiger partial charge in [0.15, 0.2) is 0 Å². The summed E-state index contributed by atoms with van der Waals surface area (Å²) in [5.74, 6) is -0.0689. The highest BCUT2D eigenvalue weighted by molar-refractivity contribution is 7.90. The molecule has 0 amide bonds. The number of rotatable bonds is 4. The zero-order valence-electron chi connectivity index (χ0n) is 9.74. The van der Waals surface area contributed by atoms with Gasteiger partial charge in [-0.05, 0) is 36.1 Å². The summed E-state index contributed by atoms with van der Waals surface area (Å²) in [5, 5.41) is 3.21. The second kappa shape index (κ2) is 4.74. The first kappa shape index (κ1) is 12.5. The average Bonchev–Trinajstić information content (AvgIpc) is 2.59. The Morgan fingerprint density at radius 3 is 2.94 bits per heavy atom. The van der Waals surface area contributed by atoms with Gasteiger partial charge in [0.1, 0.15) is 15.7 Å². The van der Waals surface area contributed by atoms with Gasteiger partial charge in [-0.1, -0.05) is 6.07 Å². The van der Waals surface area contributed by atoms with Gasteiger partial charge in [0.05, 0.1) is 5.75 Å². The Labute approximate surface area is 101 Å². The van der Waals surface area contributed by atoms with E-state index in [-0.39, 0.29) is 17.6 Å². The van der Waals surface area contributed by atoms with Crippen molar-refractivity contribution in [3.05, 3.63) is 35.1 Å². The third kappa shape index (κ3) is 3.26. The van der Waals surface area contributed by atoms with Crippen molar-refractivity contribution < 1.29 is 12.8 Å². The molecule has 3 nitrogen and oxygen atoms in total. The monoisotopic (exact) mass is 257 g/mol. The van der Waals surface area contributed by atoms with E-state index in [4.69, 9.17) is 0 Å². The quantitative estimate of drug-likeness (QED) is 0.888. The Balaban J connectivity index is 1.98. The molecule has 1 unspecified atom stereocenters. The first-order valence-electron chi connectivity index (χ1n) is 5.65. The zero-order valence-corrected chi connectivity index (χ0v) is 10.6. The van der Waals surface area contributed by atoms with Crippen molar-refractivity contribution in [2.75, 3.05) is 18.6 Å². The molecular formula is C12H16FNO2S. The Morgan fingerprint density at radius 2 is 2.24 bits per heavy atom. The highest BCUT2D eigenvalue weighted by Crippen LogP contribution is 2.31. The summed E-state index contributed by atoms with van der Waals surface area (Å²) in [5.41, 5.74) is 2.13. The first-order valence-corrected chi connectivity index (χ1v) is 7.71. The summed E-state index contributed by atoms with van der Waals surface area (Å²) in [6.07, 6.45) is 2.98. The molecule has 1 atom stereocenters. The molecule has 0 saturated heterocycles. The van der Waals surface area contributed by atoms with Crippen LogP contribution >= 0.6 is 0 Å². The summed E-state index contributed by atoms with van der Waals surface area (Å²) in [6, 6.07) is 4.96. The molecule has 1 aromatic carbocycles. The van der Waals surface area contributed by atoms with Gasteiger partial charge < -0.3 is 5.32 Å². The summed E-state index contributed by atoms with van der Waals surface area (Å²) in [4.78, 5) is 0. The Morgan fingerprint density at radius 1 is 1.47 bits per heavy atom. The van der Waals surface area contributed by atoms with E-state index in [1.807, 2.05) is 0 Å². The van der Waals surface area contributed by atoms with Crippen molar-refractivity contribution in [1.82, 2.24) is 5.32 Å². The van der Waals surface area contributed by atoms with Crippen LogP contribution in [-0.4, -0.2) is 27.0 Å². The normalized spacial score (nSPS) is 19.3. The number of halogens is 1. The summed E-state index contributed by atoms with van der Waals surface area (Å²) < 4.78 is 35.0. The van der Waals surface area contributed by atoms with Gasteiger partial charge in [-0.15, -0.1) is 0 Å². The van der Waals surface area contributed by atoms with Gasteiger partial charge in [-0.25, -0.2) is 12.8 Å². The molecule has 0 radical (unpaired) electrons. The van der Waals surface area contributed by atoms with Gasteiger partial charge in [0.2, 0.25) is 0 Å². The highest BCUT2D eigenvalue weighted by Gasteiger charge is 2.22. The van der Waals surface area contributed by atoms with Crippen molar-refractivity contribution in [1.29, 1.82) is 0 Å². The van der Waals surface area contributed by atoms with E-state index < -0.39 is 9.84 Å². The fourth-order valence-corrected chi connectivity index (χ4v) is 2.71. The van der Waals surface area contributed by atoms with Crippen LogP contribution in [0, 0.1) is 5.82 Å². The number of aryl methyl sites for hydroxylation is 1. The minimum Gasteiger partial charge on any atom is -0.309 e. The summed E-state index contributed by atoms with van der Waals surface area (Å²) in [6.45, 7) is 0.445. The SMILES string of the molecule is CS(=O)(=O)CCNC1CCc2cc(F)ccc21. The van der Waals surface area contributed by atoms with Gasteiger partial charge in [0, 0.05) is 18.8 Å². The molecule has 1 aliphatic carbocycles. The van der Waals surface area contributed by atoms with Crippen molar-refractivity contribution in [3.8, 4) is 0 Å². The molecule has 0 spiro atoms. The molecule has 5 heteroatoms. The third-order valence-electron chi connectivity index (χ3n) is 3.05. The lowest BCUT2D eigenvalue weighted by Gasteiger charge is -2.13. The molecule has 0 aliphatic heterocycles.